The van der Waals surface area contributed by atoms with Gasteiger partial charge in [0.1, 0.15) is 0 Å². The highest BCUT2D eigenvalue weighted by Gasteiger charge is 2.33. The first-order chi connectivity index (χ1) is 13.1. The Morgan fingerprint density at radius 1 is 1.26 bits per heavy atom. The standard InChI is InChI=1S/C18H17ClN4O3S/c1-2-26-16(24)14-13(10-27-18-20-8-3-9-21-18)22-17(25)23-15(14)11-4-6-12(19)7-5-11/h3-9,15H,2,10H2,1H3,(H2,22,23,25). The van der Waals surface area contributed by atoms with Crippen LogP contribution in [0.15, 0.2) is 59.2 Å². The molecule has 2 heterocycles. The summed E-state index contributed by atoms with van der Waals surface area (Å²) < 4.78 is 5.22. The predicted octanol–water partition coefficient (Wildman–Crippen LogP) is 3.09. The molecule has 1 aromatic carbocycles. The van der Waals surface area contributed by atoms with Crippen molar-refractivity contribution in [1.29, 1.82) is 0 Å². The number of ether oxygens (including phenoxy) is 1. The fourth-order valence-electron chi connectivity index (χ4n) is 2.58. The predicted molar refractivity (Wildman–Crippen MR) is 102 cm³/mol. The van der Waals surface area contributed by atoms with Crippen molar-refractivity contribution in [2.24, 2.45) is 0 Å². The van der Waals surface area contributed by atoms with Crippen molar-refractivity contribution >= 4 is 35.4 Å². The minimum Gasteiger partial charge on any atom is -0.463 e. The lowest BCUT2D eigenvalue weighted by molar-refractivity contribution is -0.139. The smallest absolute Gasteiger partial charge is 0.338 e. The zero-order valence-corrected chi connectivity index (χ0v) is 16.0. The second kappa shape index (κ2) is 8.88. The van der Waals surface area contributed by atoms with Gasteiger partial charge in [0, 0.05) is 28.9 Å². The highest BCUT2D eigenvalue weighted by molar-refractivity contribution is 7.99. The van der Waals surface area contributed by atoms with Gasteiger partial charge in [-0.05, 0) is 30.7 Å². The number of rotatable bonds is 6. The average Bonchev–Trinajstić information content (AvgIpc) is 2.67. The van der Waals surface area contributed by atoms with Crippen LogP contribution >= 0.6 is 23.4 Å². The molecule has 2 N–H and O–H groups in total. The fourth-order valence-corrected chi connectivity index (χ4v) is 3.48. The van der Waals surface area contributed by atoms with Crippen LogP contribution in [0, 0.1) is 0 Å². The quantitative estimate of drug-likeness (QED) is 0.436. The zero-order valence-electron chi connectivity index (χ0n) is 14.4. The zero-order chi connectivity index (χ0) is 19.2. The van der Waals surface area contributed by atoms with Crippen molar-refractivity contribution in [2.75, 3.05) is 12.4 Å². The summed E-state index contributed by atoms with van der Waals surface area (Å²) in [5, 5.41) is 6.60. The molecule has 7 nitrogen and oxygen atoms in total. The highest BCUT2D eigenvalue weighted by atomic mass is 35.5. The molecule has 0 saturated heterocycles. The van der Waals surface area contributed by atoms with Gasteiger partial charge in [0.05, 0.1) is 18.2 Å². The lowest BCUT2D eigenvalue weighted by atomic mass is 9.95. The number of amides is 2. The Hall–Kier alpha value is -2.58. The Kier molecular flexibility index (Phi) is 6.31. The summed E-state index contributed by atoms with van der Waals surface area (Å²) in [5.74, 6) is -0.176. The lowest BCUT2D eigenvalue weighted by Gasteiger charge is -2.29. The van der Waals surface area contributed by atoms with E-state index in [0.717, 1.165) is 5.56 Å². The van der Waals surface area contributed by atoms with E-state index < -0.39 is 18.0 Å². The van der Waals surface area contributed by atoms with E-state index in [1.807, 2.05) is 0 Å². The molecule has 3 rings (SSSR count). The molecule has 1 aliphatic rings. The van der Waals surface area contributed by atoms with Crippen LogP contribution in [0.3, 0.4) is 0 Å². The maximum atomic E-state index is 12.6. The Balaban J connectivity index is 1.96. The maximum Gasteiger partial charge on any atom is 0.338 e. The van der Waals surface area contributed by atoms with E-state index in [4.69, 9.17) is 16.3 Å². The number of urea groups is 1. The summed E-state index contributed by atoms with van der Waals surface area (Å²) >= 11 is 7.27. The topological polar surface area (TPSA) is 93.2 Å². The van der Waals surface area contributed by atoms with Crippen molar-refractivity contribution in [3.05, 3.63) is 64.6 Å². The second-order valence-electron chi connectivity index (χ2n) is 5.52. The average molecular weight is 405 g/mol. The normalized spacial score (nSPS) is 16.5. The Labute approximate surface area is 165 Å². The number of nitrogens with one attached hydrogen (secondary N) is 2. The highest BCUT2D eigenvalue weighted by Crippen LogP contribution is 2.30. The number of thioether (sulfide) groups is 1. The number of hydrogen-bond acceptors (Lipinski definition) is 6. The molecular formula is C18H17ClN4O3S. The molecule has 0 radical (unpaired) electrons. The first-order valence-corrected chi connectivity index (χ1v) is 9.57. The molecule has 1 atom stereocenters. The number of carbonyl (C=O) groups is 2. The number of hydrogen-bond donors (Lipinski definition) is 2. The van der Waals surface area contributed by atoms with Crippen molar-refractivity contribution in [3.8, 4) is 0 Å². The van der Waals surface area contributed by atoms with E-state index >= 15 is 0 Å². The molecule has 9 heteroatoms. The monoisotopic (exact) mass is 404 g/mol. The van der Waals surface area contributed by atoms with Gasteiger partial charge in [0.15, 0.2) is 5.16 Å². The molecule has 1 aliphatic heterocycles. The molecule has 0 bridgehead atoms. The third-order valence-electron chi connectivity index (χ3n) is 3.74. The number of benzene rings is 1. The van der Waals surface area contributed by atoms with E-state index in [9.17, 15) is 9.59 Å². The van der Waals surface area contributed by atoms with Gasteiger partial charge in [0.2, 0.25) is 0 Å². The van der Waals surface area contributed by atoms with Crippen LogP contribution in [0.5, 0.6) is 0 Å². The summed E-state index contributed by atoms with van der Waals surface area (Å²) in [4.78, 5) is 33.1. The molecule has 1 unspecified atom stereocenters. The van der Waals surface area contributed by atoms with Crippen LogP contribution in [0.1, 0.15) is 18.5 Å². The van der Waals surface area contributed by atoms with Gasteiger partial charge in [-0.2, -0.15) is 0 Å². The minimum atomic E-state index is -0.637. The molecular weight excluding hydrogens is 388 g/mol. The molecule has 2 aromatic rings. The Bertz CT molecular complexity index is 859. The number of carbonyl (C=O) groups excluding carboxylic acids is 2. The molecule has 0 aliphatic carbocycles. The first kappa shape index (κ1) is 19.2. The molecule has 2 amide bonds. The van der Waals surface area contributed by atoms with Crippen LogP contribution in [-0.2, 0) is 9.53 Å². The molecule has 0 spiro atoms. The summed E-state index contributed by atoms with van der Waals surface area (Å²) in [6.45, 7) is 1.96. The Morgan fingerprint density at radius 2 is 1.96 bits per heavy atom. The van der Waals surface area contributed by atoms with Crippen molar-refractivity contribution in [2.45, 2.75) is 18.1 Å². The fraction of sp³-hybridized carbons (Fsp3) is 0.222. The van der Waals surface area contributed by atoms with E-state index in [2.05, 4.69) is 20.6 Å². The number of nitrogens with zero attached hydrogens (tertiary/aromatic N) is 2. The van der Waals surface area contributed by atoms with Crippen molar-refractivity contribution in [3.63, 3.8) is 0 Å². The van der Waals surface area contributed by atoms with Crippen LogP contribution in [0.25, 0.3) is 0 Å². The Morgan fingerprint density at radius 3 is 2.63 bits per heavy atom. The number of halogens is 1. The SMILES string of the molecule is CCOC(=O)C1=C(CSc2ncccn2)NC(=O)NC1c1ccc(Cl)cc1. The third kappa shape index (κ3) is 4.78. The third-order valence-corrected chi connectivity index (χ3v) is 4.89. The van der Waals surface area contributed by atoms with Crippen LogP contribution in [0.4, 0.5) is 4.79 Å². The summed E-state index contributed by atoms with van der Waals surface area (Å²) in [6.07, 6.45) is 3.26. The van der Waals surface area contributed by atoms with Gasteiger partial charge in [-0.1, -0.05) is 35.5 Å². The molecule has 140 valence electrons. The van der Waals surface area contributed by atoms with Crippen LogP contribution in [-0.4, -0.2) is 34.3 Å². The van der Waals surface area contributed by atoms with Gasteiger partial charge in [-0.15, -0.1) is 0 Å². The van der Waals surface area contributed by atoms with Crippen molar-refractivity contribution < 1.29 is 14.3 Å². The van der Waals surface area contributed by atoms with Gasteiger partial charge in [-0.3, -0.25) is 0 Å². The summed E-state index contributed by atoms with van der Waals surface area (Å²) in [5.41, 5.74) is 1.55. The van der Waals surface area contributed by atoms with Gasteiger partial charge < -0.3 is 15.4 Å². The van der Waals surface area contributed by atoms with Gasteiger partial charge in [-0.25, -0.2) is 19.6 Å². The minimum absolute atomic E-state index is 0.228. The number of aromatic nitrogens is 2. The molecule has 27 heavy (non-hydrogen) atoms. The summed E-state index contributed by atoms with van der Waals surface area (Å²) in [7, 11) is 0. The van der Waals surface area contributed by atoms with Crippen LogP contribution < -0.4 is 10.6 Å². The van der Waals surface area contributed by atoms with Gasteiger partial charge in [0.25, 0.3) is 0 Å². The largest absolute Gasteiger partial charge is 0.463 e. The van der Waals surface area contributed by atoms with Crippen molar-refractivity contribution in [1.82, 2.24) is 20.6 Å². The van der Waals surface area contributed by atoms with E-state index in [1.165, 1.54) is 11.8 Å². The first-order valence-electron chi connectivity index (χ1n) is 8.21. The van der Waals surface area contributed by atoms with E-state index in [1.54, 1.807) is 49.6 Å². The van der Waals surface area contributed by atoms with Gasteiger partial charge >= 0.3 is 12.0 Å². The molecule has 0 fully saturated rings. The second-order valence-corrected chi connectivity index (χ2v) is 6.89. The molecule has 1 aromatic heterocycles. The summed E-state index contributed by atoms with van der Waals surface area (Å²) in [6, 6.07) is 7.64. The van der Waals surface area contributed by atoms with Crippen LogP contribution in [0.2, 0.25) is 5.02 Å². The van der Waals surface area contributed by atoms with E-state index in [0.29, 0.717) is 27.2 Å². The molecule has 0 saturated carbocycles. The van der Waals surface area contributed by atoms with E-state index in [-0.39, 0.29) is 6.61 Å². The number of esters is 1. The lowest BCUT2D eigenvalue weighted by Crippen LogP contribution is -2.46. The maximum absolute atomic E-state index is 12.6.